The Kier molecular flexibility index (Phi) is 6.71. The van der Waals surface area contributed by atoms with Crippen LogP contribution >= 0.6 is 15.9 Å². The summed E-state index contributed by atoms with van der Waals surface area (Å²) in [5.41, 5.74) is 1.16. The van der Waals surface area contributed by atoms with Gasteiger partial charge < -0.3 is 15.4 Å². The van der Waals surface area contributed by atoms with Gasteiger partial charge in [-0.05, 0) is 40.2 Å². The van der Waals surface area contributed by atoms with Gasteiger partial charge >= 0.3 is 5.97 Å². The number of ether oxygens (including phenoxy) is 1. The molecule has 0 atom stereocenters. The van der Waals surface area contributed by atoms with Gasteiger partial charge in [0.15, 0.2) is 0 Å². The Morgan fingerprint density at radius 3 is 2.28 bits per heavy atom. The summed E-state index contributed by atoms with van der Waals surface area (Å²) in [6, 6.07) is 13.7. The first-order valence-electron chi connectivity index (χ1n) is 7.53. The van der Waals surface area contributed by atoms with Crippen molar-refractivity contribution in [1.29, 1.82) is 0 Å². The molecule has 0 aliphatic carbocycles. The SMILES string of the molecule is COC(=O)CCNC(=O)c1ccccc1NC(=O)c1ccccc1Br. The van der Waals surface area contributed by atoms with Gasteiger partial charge in [0.05, 0.1) is 30.3 Å². The smallest absolute Gasteiger partial charge is 0.307 e. The van der Waals surface area contributed by atoms with E-state index in [0.717, 1.165) is 0 Å². The minimum Gasteiger partial charge on any atom is -0.469 e. The van der Waals surface area contributed by atoms with E-state index in [4.69, 9.17) is 0 Å². The van der Waals surface area contributed by atoms with Gasteiger partial charge in [0.2, 0.25) is 0 Å². The second-order valence-electron chi connectivity index (χ2n) is 5.06. The third-order valence-electron chi connectivity index (χ3n) is 3.38. The third kappa shape index (κ3) is 5.15. The molecule has 2 N–H and O–H groups in total. The normalized spacial score (nSPS) is 10.0. The lowest BCUT2D eigenvalue weighted by molar-refractivity contribution is -0.140. The molecule has 0 bridgehead atoms. The van der Waals surface area contributed by atoms with E-state index in [-0.39, 0.29) is 24.8 Å². The molecule has 0 aromatic heterocycles. The molecule has 25 heavy (non-hydrogen) atoms. The zero-order chi connectivity index (χ0) is 18.2. The number of para-hydroxylation sites is 1. The second kappa shape index (κ2) is 8.98. The van der Waals surface area contributed by atoms with Crippen molar-refractivity contribution < 1.29 is 19.1 Å². The average Bonchev–Trinajstić information content (AvgIpc) is 2.62. The highest BCUT2D eigenvalue weighted by Crippen LogP contribution is 2.20. The molecule has 0 saturated heterocycles. The molecule has 2 aromatic carbocycles. The van der Waals surface area contributed by atoms with Gasteiger partial charge in [0.1, 0.15) is 0 Å². The van der Waals surface area contributed by atoms with Crippen molar-refractivity contribution in [2.45, 2.75) is 6.42 Å². The molecule has 0 radical (unpaired) electrons. The molecule has 0 fully saturated rings. The largest absolute Gasteiger partial charge is 0.469 e. The minimum absolute atomic E-state index is 0.0771. The molecule has 2 aromatic rings. The lowest BCUT2D eigenvalue weighted by atomic mass is 10.1. The van der Waals surface area contributed by atoms with Gasteiger partial charge in [-0.2, -0.15) is 0 Å². The average molecular weight is 405 g/mol. The van der Waals surface area contributed by atoms with Gasteiger partial charge in [-0.3, -0.25) is 14.4 Å². The maximum Gasteiger partial charge on any atom is 0.307 e. The van der Waals surface area contributed by atoms with Crippen LogP contribution in [0.3, 0.4) is 0 Å². The van der Waals surface area contributed by atoms with Crippen LogP contribution in [-0.4, -0.2) is 31.4 Å². The molecule has 0 aliphatic heterocycles. The van der Waals surface area contributed by atoms with Crippen molar-refractivity contribution >= 4 is 39.4 Å². The molecule has 0 aliphatic rings. The van der Waals surface area contributed by atoms with Crippen molar-refractivity contribution in [3.63, 3.8) is 0 Å². The predicted octanol–water partition coefficient (Wildman–Crippen LogP) is 2.99. The van der Waals surface area contributed by atoms with Crippen LogP contribution in [0.4, 0.5) is 5.69 Å². The van der Waals surface area contributed by atoms with E-state index in [1.807, 2.05) is 6.07 Å². The van der Waals surface area contributed by atoms with Crippen molar-refractivity contribution in [2.24, 2.45) is 0 Å². The molecular weight excluding hydrogens is 388 g/mol. The summed E-state index contributed by atoms with van der Waals surface area (Å²) in [6.07, 6.45) is 0.0771. The first-order chi connectivity index (χ1) is 12.0. The molecule has 0 unspecified atom stereocenters. The van der Waals surface area contributed by atoms with Crippen LogP contribution in [0.25, 0.3) is 0 Å². The summed E-state index contributed by atoms with van der Waals surface area (Å²) in [5, 5.41) is 5.37. The van der Waals surface area contributed by atoms with Crippen LogP contribution in [0.1, 0.15) is 27.1 Å². The van der Waals surface area contributed by atoms with E-state index in [9.17, 15) is 14.4 Å². The molecule has 2 amide bonds. The van der Waals surface area contributed by atoms with E-state index >= 15 is 0 Å². The topological polar surface area (TPSA) is 84.5 Å². The predicted molar refractivity (Wildman–Crippen MR) is 97.5 cm³/mol. The molecule has 130 valence electrons. The number of hydrogen-bond donors (Lipinski definition) is 2. The van der Waals surface area contributed by atoms with E-state index in [0.29, 0.717) is 21.3 Å². The highest BCUT2D eigenvalue weighted by atomic mass is 79.9. The summed E-state index contributed by atoms with van der Waals surface area (Å²) in [7, 11) is 1.29. The van der Waals surface area contributed by atoms with Gasteiger partial charge in [-0.15, -0.1) is 0 Å². The van der Waals surface area contributed by atoms with Gasteiger partial charge in [-0.1, -0.05) is 24.3 Å². The Morgan fingerprint density at radius 2 is 1.60 bits per heavy atom. The quantitative estimate of drug-likeness (QED) is 0.724. The number of halogens is 1. The van der Waals surface area contributed by atoms with Crippen LogP contribution in [0, 0.1) is 0 Å². The number of anilines is 1. The number of benzene rings is 2. The number of carbonyl (C=O) groups is 3. The van der Waals surface area contributed by atoms with Crippen molar-refractivity contribution in [3.8, 4) is 0 Å². The van der Waals surface area contributed by atoms with Gasteiger partial charge in [-0.25, -0.2) is 0 Å². The Labute approximate surface area is 153 Å². The van der Waals surface area contributed by atoms with Crippen molar-refractivity contribution in [1.82, 2.24) is 5.32 Å². The van der Waals surface area contributed by atoms with Crippen LogP contribution in [-0.2, 0) is 9.53 Å². The molecule has 0 spiro atoms. The zero-order valence-corrected chi connectivity index (χ0v) is 15.1. The van der Waals surface area contributed by atoms with Crippen molar-refractivity contribution in [3.05, 3.63) is 64.1 Å². The Morgan fingerprint density at radius 1 is 0.960 bits per heavy atom. The van der Waals surface area contributed by atoms with E-state index in [1.54, 1.807) is 42.5 Å². The summed E-state index contributed by atoms with van der Waals surface area (Å²) < 4.78 is 5.18. The number of amides is 2. The molecule has 0 heterocycles. The number of nitrogens with one attached hydrogen (secondary N) is 2. The number of carbonyl (C=O) groups excluding carboxylic acids is 3. The highest BCUT2D eigenvalue weighted by molar-refractivity contribution is 9.10. The fourth-order valence-corrected chi connectivity index (χ4v) is 2.57. The van der Waals surface area contributed by atoms with Gasteiger partial charge in [0, 0.05) is 11.0 Å². The fourth-order valence-electron chi connectivity index (χ4n) is 2.10. The first-order valence-corrected chi connectivity index (χ1v) is 8.32. The summed E-state index contributed by atoms with van der Waals surface area (Å²) in [5.74, 6) is -1.12. The second-order valence-corrected chi connectivity index (χ2v) is 5.92. The van der Waals surface area contributed by atoms with Crippen LogP contribution in [0.2, 0.25) is 0 Å². The summed E-state index contributed by atoms with van der Waals surface area (Å²) in [4.78, 5) is 35.8. The van der Waals surface area contributed by atoms with Crippen LogP contribution in [0.5, 0.6) is 0 Å². The fraction of sp³-hybridized carbons (Fsp3) is 0.167. The standard InChI is InChI=1S/C18H17BrN2O4/c1-25-16(22)10-11-20-17(23)13-7-3-5-9-15(13)21-18(24)12-6-2-4-8-14(12)19/h2-9H,10-11H2,1H3,(H,20,23)(H,21,24). The molecule has 7 heteroatoms. The maximum atomic E-state index is 12.4. The maximum absolute atomic E-state index is 12.4. The third-order valence-corrected chi connectivity index (χ3v) is 4.07. The Hall–Kier alpha value is -2.67. The number of rotatable bonds is 6. The lowest BCUT2D eigenvalue weighted by Crippen LogP contribution is -2.27. The number of esters is 1. The molecule has 0 saturated carbocycles. The summed E-state index contributed by atoms with van der Waals surface area (Å²) >= 11 is 3.33. The molecule has 6 nitrogen and oxygen atoms in total. The number of methoxy groups -OCH3 is 1. The van der Waals surface area contributed by atoms with E-state index in [1.165, 1.54) is 7.11 Å². The van der Waals surface area contributed by atoms with Crippen LogP contribution < -0.4 is 10.6 Å². The molecule has 2 rings (SSSR count). The van der Waals surface area contributed by atoms with Gasteiger partial charge in [0.25, 0.3) is 11.8 Å². The zero-order valence-electron chi connectivity index (χ0n) is 13.5. The Bertz CT molecular complexity index is 792. The highest BCUT2D eigenvalue weighted by Gasteiger charge is 2.15. The van der Waals surface area contributed by atoms with Crippen LogP contribution in [0.15, 0.2) is 53.0 Å². The first kappa shape index (κ1) is 18.7. The minimum atomic E-state index is -0.407. The van der Waals surface area contributed by atoms with E-state index < -0.39 is 5.97 Å². The lowest BCUT2D eigenvalue weighted by Gasteiger charge is -2.12. The van der Waals surface area contributed by atoms with Crippen molar-refractivity contribution in [2.75, 3.05) is 19.0 Å². The summed E-state index contributed by atoms with van der Waals surface area (Å²) in [6.45, 7) is 0.151. The Balaban J connectivity index is 2.10. The number of hydrogen-bond acceptors (Lipinski definition) is 4. The van der Waals surface area contributed by atoms with E-state index in [2.05, 4.69) is 31.3 Å². The monoisotopic (exact) mass is 404 g/mol. The molecular formula is C18H17BrN2O4.